The summed E-state index contributed by atoms with van der Waals surface area (Å²) in [6, 6.07) is 20.3. The molecule has 1 amide bonds. The van der Waals surface area contributed by atoms with Crippen LogP contribution in [0, 0.1) is 13.8 Å². The van der Waals surface area contributed by atoms with Crippen molar-refractivity contribution in [2.45, 2.75) is 52.9 Å². The third-order valence-electron chi connectivity index (χ3n) is 6.35. The van der Waals surface area contributed by atoms with Crippen LogP contribution in [0.25, 0.3) is 0 Å². The number of halogens is 3. The van der Waals surface area contributed by atoms with E-state index in [2.05, 4.69) is 24.3 Å². The lowest BCUT2D eigenvalue weighted by Gasteiger charge is -2.11. The molecule has 1 N–H and O–H groups in total. The molecule has 4 rings (SSSR count). The van der Waals surface area contributed by atoms with Crippen molar-refractivity contribution in [2.24, 2.45) is 0 Å². The summed E-state index contributed by atoms with van der Waals surface area (Å²) in [6.07, 6.45) is -4.41. The van der Waals surface area contributed by atoms with Gasteiger partial charge in [0, 0.05) is 5.56 Å². The Morgan fingerprint density at radius 2 is 1.66 bits per heavy atom. The maximum atomic E-state index is 13.1. The Hall–Kier alpha value is -4.07. The number of hydrogen-bond donors (Lipinski definition) is 1. The quantitative estimate of drug-likeness (QED) is 0.261. The van der Waals surface area contributed by atoms with Crippen LogP contribution in [0.1, 0.15) is 63.8 Å². The van der Waals surface area contributed by atoms with E-state index in [1.54, 1.807) is 42.8 Å². The number of rotatable bonds is 8. The minimum atomic E-state index is -4.41. The van der Waals surface area contributed by atoms with Gasteiger partial charge in [-0.15, -0.1) is 0 Å². The van der Waals surface area contributed by atoms with Gasteiger partial charge in [0.1, 0.15) is 12.4 Å². The Kier molecular flexibility index (Phi) is 7.90. The van der Waals surface area contributed by atoms with E-state index in [0.717, 1.165) is 23.4 Å². The van der Waals surface area contributed by atoms with Crippen LogP contribution in [0.4, 0.5) is 18.9 Å². The Morgan fingerprint density at radius 1 is 0.974 bits per heavy atom. The number of benzene rings is 3. The van der Waals surface area contributed by atoms with Gasteiger partial charge < -0.3 is 10.1 Å². The van der Waals surface area contributed by atoms with Crippen molar-refractivity contribution in [3.8, 4) is 5.75 Å². The molecule has 0 unspecified atom stereocenters. The zero-order chi connectivity index (χ0) is 27.4. The predicted molar refractivity (Wildman–Crippen MR) is 142 cm³/mol. The Bertz CT molecular complexity index is 1420. The number of ether oxygens (including phenoxy) is 1. The highest BCUT2D eigenvalue weighted by molar-refractivity contribution is 6.05. The van der Waals surface area contributed by atoms with Gasteiger partial charge in [-0.05, 0) is 72.9 Å². The molecule has 0 spiro atoms. The summed E-state index contributed by atoms with van der Waals surface area (Å²) in [7, 11) is 0. The molecule has 0 bridgehead atoms. The fourth-order valence-corrected chi connectivity index (χ4v) is 4.15. The normalized spacial score (nSPS) is 11.6. The Balaban J connectivity index is 1.44. The first-order valence-corrected chi connectivity index (χ1v) is 12.3. The van der Waals surface area contributed by atoms with Crippen molar-refractivity contribution in [2.75, 3.05) is 5.32 Å². The highest BCUT2D eigenvalue weighted by Gasteiger charge is 2.30. The van der Waals surface area contributed by atoms with E-state index in [9.17, 15) is 18.0 Å². The van der Waals surface area contributed by atoms with E-state index in [1.807, 2.05) is 30.3 Å². The third kappa shape index (κ3) is 6.43. The number of amides is 1. The van der Waals surface area contributed by atoms with E-state index in [4.69, 9.17) is 4.74 Å². The third-order valence-corrected chi connectivity index (χ3v) is 6.35. The number of nitrogens with one attached hydrogen (secondary N) is 1. The van der Waals surface area contributed by atoms with Crippen molar-refractivity contribution < 1.29 is 22.7 Å². The van der Waals surface area contributed by atoms with Crippen LogP contribution in [0.15, 0.2) is 72.8 Å². The number of nitrogens with zero attached hydrogens (tertiary/aromatic N) is 2. The van der Waals surface area contributed by atoms with Gasteiger partial charge in [-0.25, -0.2) is 0 Å². The number of aryl methyl sites for hydroxylation is 1. The summed E-state index contributed by atoms with van der Waals surface area (Å²) in [4.78, 5) is 13.1. The van der Waals surface area contributed by atoms with Gasteiger partial charge in [-0.2, -0.15) is 18.3 Å². The molecule has 0 saturated heterocycles. The van der Waals surface area contributed by atoms with Crippen molar-refractivity contribution in [1.29, 1.82) is 0 Å². The molecule has 0 aliphatic heterocycles. The molecule has 8 heteroatoms. The topological polar surface area (TPSA) is 56.2 Å². The van der Waals surface area contributed by atoms with Crippen molar-refractivity contribution in [3.63, 3.8) is 0 Å². The first kappa shape index (κ1) is 27.0. The van der Waals surface area contributed by atoms with Crippen LogP contribution in [0.2, 0.25) is 0 Å². The van der Waals surface area contributed by atoms with Crippen molar-refractivity contribution >= 4 is 11.6 Å². The molecular formula is C30H30F3N3O2. The number of alkyl halides is 3. The van der Waals surface area contributed by atoms with E-state index >= 15 is 0 Å². The van der Waals surface area contributed by atoms with Gasteiger partial charge in [0.05, 0.1) is 29.2 Å². The SMILES string of the molecule is Cc1nn(Cc2cccc(C(F)(F)F)c2)c(C)c1NC(=O)c1cccc(COc2ccc(C(C)C)cc2)c1. The molecule has 1 heterocycles. The monoisotopic (exact) mass is 521 g/mol. The van der Waals surface area contributed by atoms with E-state index in [1.165, 1.54) is 11.6 Å². The second kappa shape index (κ2) is 11.1. The number of carbonyl (C=O) groups excluding carboxylic acids is 1. The summed E-state index contributed by atoms with van der Waals surface area (Å²) in [5.41, 5.74) is 4.07. The Morgan fingerprint density at radius 3 is 2.34 bits per heavy atom. The molecule has 3 aromatic carbocycles. The van der Waals surface area contributed by atoms with E-state index in [-0.39, 0.29) is 12.5 Å². The fourth-order valence-electron chi connectivity index (χ4n) is 4.15. The first-order valence-electron chi connectivity index (χ1n) is 12.3. The van der Waals surface area contributed by atoms with E-state index < -0.39 is 11.7 Å². The molecule has 0 aliphatic carbocycles. The molecule has 0 aliphatic rings. The zero-order valence-corrected chi connectivity index (χ0v) is 21.8. The summed E-state index contributed by atoms with van der Waals surface area (Å²) < 4.78 is 46.7. The summed E-state index contributed by atoms with van der Waals surface area (Å²) in [5, 5.41) is 7.35. The largest absolute Gasteiger partial charge is 0.489 e. The molecule has 5 nitrogen and oxygen atoms in total. The minimum Gasteiger partial charge on any atom is -0.489 e. The minimum absolute atomic E-state index is 0.150. The van der Waals surface area contributed by atoms with Crippen LogP contribution >= 0.6 is 0 Å². The highest BCUT2D eigenvalue weighted by Crippen LogP contribution is 2.30. The second-order valence-electron chi connectivity index (χ2n) is 9.57. The van der Waals surface area contributed by atoms with Crippen molar-refractivity contribution in [3.05, 3.63) is 112 Å². The first-order chi connectivity index (χ1) is 18.0. The van der Waals surface area contributed by atoms with Gasteiger partial charge in [0.15, 0.2) is 0 Å². The van der Waals surface area contributed by atoms with Crippen LogP contribution in [0.5, 0.6) is 5.75 Å². The van der Waals surface area contributed by atoms with Crippen LogP contribution < -0.4 is 10.1 Å². The molecule has 0 radical (unpaired) electrons. The Labute approximate surface area is 220 Å². The average molecular weight is 522 g/mol. The predicted octanol–water partition coefficient (Wildman–Crippen LogP) is 7.52. The standard InChI is InChI=1S/C30H30F3N3O2/c1-19(2)24-11-13-27(14-12-24)38-18-23-8-5-9-25(15-23)29(37)34-28-20(3)35-36(21(28)4)17-22-7-6-10-26(16-22)30(31,32)33/h5-16,19H,17-18H2,1-4H3,(H,34,37). The van der Waals surface area contributed by atoms with E-state index in [0.29, 0.717) is 40.7 Å². The average Bonchev–Trinajstić information content (AvgIpc) is 3.14. The number of hydrogen-bond acceptors (Lipinski definition) is 3. The van der Waals surface area contributed by atoms with Crippen molar-refractivity contribution in [1.82, 2.24) is 9.78 Å². The molecule has 0 fully saturated rings. The zero-order valence-electron chi connectivity index (χ0n) is 21.8. The molecule has 0 saturated carbocycles. The fraction of sp³-hybridized carbons (Fsp3) is 0.267. The summed E-state index contributed by atoms with van der Waals surface area (Å²) >= 11 is 0. The van der Waals surface area contributed by atoms with Crippen LogP contribution in [0.3, 0.4) is 0 Å². The second-order valence-corrected chi connectivity index (χ2v) is 9.57. The number of anilines is 1. The number of carbonyl (C=O) groups is 1. The molecule has 4 aromatic rings. The summed E-state index contributed by atoms with van der Waals surface area (Å²) in [6.45, 7) is 8.26. The maximum Gasteiger partial charge on any atom is 0.416 e. The molecule has 0 atom stereocenters. The van der Waals surface area contributed by atoms with Gasteiger partial charge >= 0.3 is 6.18 Å². The maximum absolute atomic E-state index is 13.1. The van der Waals surface area contributed by atoms with Gasteiger partial charge in [0.25, 0.3) is 5.91 Å². The lowest BCUT2D eigenvalue weighted by Crippen LogP contribution is -2.14. The molecule has 198 valence electrons. The molecular weight excluding hydrogens is 491 g/mol. The van der Waals surface area contributed by atoms with Gasteiger partial charge in [-0.1, -0.05) is 50.2 Å². The summed E-state index contributed by atoms with van der Waals surface area (Å²) in [5.74, 6) is 0.890. The number of aromatic nitrogens is 2. The smallest absolute Gasteiger partial charge is 0.416 e. The molecule has 38 heavy (non-hydrogen) atoms. The van der Waals surface area contributed by atoms with Crippen LogP contribution in [-0.2, 0) is 19.3 Å². The lowest BCUT2D eigenvalue weighted by molar-refractivity contribution is -0.137. The van der Waals surface area contributed by atoms with Crippen LogP contribution in [-0.4, -0.2) is 15.7 Å². The van der Waals surface area contributed by atoms with Gasteiger partial charge in [-0.3, -0.25) is 9.48 Å². The highest BCUT2D eigenvalue weighted by atomic mass is 19.4. The van der Waals surface area contributed by atoms with Gasteiger partial charge in [0.2, 0.25) is 0 Å². The molecule has 1 aromatic heterocycles. The lowest BCUT2D eigenvalue weighted by atomic mass is 10.0.